The third kappa shape index (κ3) is 5.47. The number of pyridine rings is 1. The van der Waals surface area contributed by atoms with Gasteiger partial charge in [0.25, 0.3) is 5.91 Å². The molecule has 0 aromatic carbocycles. The number of carbonyl (C=O) groups is 1. The number of ether oxygens (including phenoxy) is 1. The van der Waals surface area contributed by atoms with Gasteiger partial charge in [0.1, 0.15) is 6.10 Å². The molecule has 3 rings (SSSR count). The molecule has 0 saturated carbocycles. The molecule has 1 aliphatic rings. The number of halogens is 2. The Labute approximate surface area is 146 Å². The summed E-state index contributed by atoms with van der Waals surface area (Å²) in [6.45, 7) is 2.52. The van der Waals surface area contributed by atoms with Gasteiger partial charge in [0.05, 0.1) is 25.0 Å². The maximum atomic E-state index is 12.0. The van der Waals surface area contributed by atoms with Crippen LogP contribution in [0.3, 0.4) is 0 Å². The van der Waals surface area contributed by atoms with E-state index in [1.165, 1.54) is 0 Å². The van der Waals surface area contributed by atoms with Crippen molar-refractivity contribution in [2.75, 3.05) is 25.0 Å². The average Bonchev–Trinajstić information content (AvgIpc) is 2.96. The van der Waals surface area contributed by atoms with Gasteiger partial charge in [-0.25, -0.2) is 0 Å². The van der Waals surface area contributed by atoms with Crippen LogP contribution in [0.4, 0.5) is 5.69 Å². The largest absolute Gasteiger partial charge is 0.366 e. The molecule has 2 aromatic rings. The van der Waals surface area contributed by atoms with Crippen LogP contribution in [0, 0.1) is 0 Å². The van der Waals surface area contributed by atoms with Gasteiger partial charge in [0.2, 0.25) is 0 Å². The Morgan fingerprint density at radius 1 is 1.39 bits per heavy atom. The van der Waals surface area contributed by atoms with E-state index in [-0.39, 0.29) is 30.7 Å². The standard InChI is InChI=1S/C14H17N5O2.2ClH/c20-14(13-8-16-5-6-21-13)18-12-7-17-19(10-12)9-11-1-3-15-4-2-11;;/h1-4,7,10,13,16H,5-6,8-9H2,(H,18,20);2*1H. The first-order valence-corrected chi connectivity index (χ1v) is 6.86. The maximum Gasteiger partial charge on any atom is 0.254 e. The topological polar surface area (TPSA) is 81.1 Å². The van der Waals surface area contributed by atoms with Crippen molar-refractivity contribution in [3.8, 4) is 0 Å². The second-order valence-electron chi connectivity index (χ2n) is 4.83. The maximum absolute atomic E-state index is 12.0. The molecule has 1 atom stereocenters. The van der Waals surface area contributed by atoms with Crippen LogP contribution < -0.4 is 10.6 Å². The molecule has 0 radical (unpaired) electrons. The lowest BCUT2D eigenvalue weighted by Gasteiger charge is -2.22. The summed E-state index contributed by atoms with van der Waals surface area (Å²) in [5, 5.41) is 10.2. The molecule has 0 aliphatic carbocycles. The molecule has 0 spiro atoms. The first-order chi connectivity index (χ1) is 10.3. The normalized spacial score (nSPS) is 16.8. The zero-order valence-electron chi connectivity index (χ0n) is 12.3. The highest BCUT2D eigenvalue weighted by Gasteiger charge is 2.21. The fraction of sp³-hybridized carbons (Fsp3) is 0.357. The van der Waals surface area contributed by atoms with Gasteiger partial charge in [0.15, 0.2) is 0 Å². The van der Waals surface area contributed by atoms with E-state index < -0.39 is 6.10 Å². The van der Waals surface area contributed by atoms with E-state index in [1.54, 1.807) is 29.5 Å². The first-order valence-electron chi connectivity index (χ1n) is 6.86. The van der Waals surface area contributed by atoms with Crippen molar-refractivity contribution < 1.29 is 9.53 Å². The molecule has 1 aliphatic heterocycles. The molecule has 1 amide bonds. The smallest absolute Gasteiger partial charge is 0.254 e. The second-order valence-corrected chi connectivity index (χ2v) is 4.83. The summed E-state index contributed by atoms with van der Waals surface area (Å²) in [5.41, 5.74) is 1.77. The highest BCUT2D eigenvalue weighted by Crippen LogP contribution is 2.09. The van der Waals surface area contributed by atoms with Gasteiger partial charge < -0.3 is 15.4 Å². The Hall–Kier alpha value is -1.67. The Bertz CT molecular complexity index is 602. The third-order valence-corrected chi connectivity index (χ3v) is 3.21. The van der Waals surface area contributed by atoms with Crippen LogP contribution in [-0.4, -0.2) is 46.5 Å². The van der Waals surface area contributed by atoms with Crippen LogP contribution >= 0.6 is 24.8 Å². The van der Waals surface area contributed by atoms with E-state index >= 15 is 0 Å². The molecule has 23 heavy (non-hydrogen) atoms. The van der Waals surface area contributed by atoms with Gasteiger partial charge in [-0.3, -0.25) is 14.5 Å². The van der Waals surface area contributed by atoms with Crippen LogP contribution in [0.1, 0.15) is 5.56 Å². The van der Waals surface area contributed by atoms with Crippen molar-refractivity contribution in [2.24, 2.45) is 0 Å². The molecule has 126 valence electrons. The molecule has 9 heteroatoms. The number of aromatic nitrogens is 3. The van der Waals surface area contributed by atoms with Gasteiger partial charge >= 0.3 is 0 Å². The molecule has 1 fully saturated rings. The lowest BCUT2D eigenvalue weighted by molar-refractivity contribution is -0.128. The van der Waals surface area contributed by atoms with Crippen LogP contribution in [0.15, 0.2) is 36.9 Å². The van der Waals surface area contributed by atoms with E-state index in [0.29, 0.717) is 25.4 Å². The number of nitrogens with one attached hydrogen (secondary N) is 2. The number of morpholine rings is 1. The minimum atomic E-state index is -0.442. The van der Waals surface area contributed by atoms with Crippen LogP contribution in [0.25, 0.3) is 0 Å². The quantitative estimate of drug-likeness (QED) is 0.854. The Morgan fingerprint density at radius 3 is 2.87 bits per heavy atom. The number of amides is 1. The third-order valence-electron chi connectivity index (χ3n) is 3.21. The number of hydrogen-bond donors (Lipinski definition) is 2. The van der Waals surface area contributed by atoms with Crippen molar-refractivity contribution in [1.29, 1.82) is 0 Å². The van der Waals surface area contributed by atoms with Crippen molar-refractivity contribution >= 4 is 36.4 Å². The highest BCUT2D eigenvalue weighted by atomic mass is 35.5. The molecule has 1 saturated heterocycles. The van der Waals surface area contributed by atoms with Gasteiger partial charge in [0, 0.05) is 31.7 Å². The molecule has 2 N–H and O–H groups in total. The minimum Gasteiger partial charge on any atom is -0.366 e. The fourth-order valence-electron chi connectivity index (χ4n) is 2.15. The van der Waals surface area contributed by atoms with Crippen LogP contribution in [0.5, 0.6) is 0 Å². The van der Waals surface area contributed by atoms with E-state index in [0.717, 1.165) is 12.1 Å². The van der Waals surface area contributed by atoms with Crippen LogP contribution in [0.2, 0.25) is 0 Å². The first kappa shape index (κ1) is 19.4. The molecule has 7 nitrogen and oxygen atoms in total. The average molecular weight is 360 g/mol. The van der Waals surface area contributed by atoms with Gasteiger partial charge in [-0.05, 0) is 17.7 Å². The molecule has 3 heterocycles. The monoisotopic (exact) mass is 359 g/mol. The molecule has 1 unspecified atom stereocenters. The predicted molar refractivity (Wildman–Crippen MR) is 91.3 cm³/mol. The van der Waals surface area contributed by atoms with Crippen molar-refractivity contribution in [3.05, 3.63) is 42.5 Å². The number of carbonyl (C=O) groups excluding carboxylic acids is 1. The van der Waals surface area contributed by atoms with Crippen molar-refractivity contribution in [2.45, 2.75) is 12.6 Å². The molecular weight excluding hydrogens is 341 g/mol. The lowest BCUT2D eigenvalue weighted by atomic mass is 10.3. The van der Waals surface area contributed by atoms with E-state index in [4.69, 9.17) is 4.74 Å². The summed E-state index contributed by atoms with van der Waals surface area (Å²) >= 11 is 0. The molecular formula is C14H19Cl2N5O2. The summed E-state index contributed by atoms with van der Waals surface area (Å²) in [6, 6.07) is 3.86. The summed E-state index contributed by atoms with van der Waals surface area (Å²) < 4.78 is 7.17. The Morgan fingerprint density at radius 2 is 2.17 bits per heavy atom. The van der Waals surface area contributed by atoms with E-state index in [9.17, 15) is 4.79 Å². The van der Waals surface area contributed by atoms with E-state index in [1.807, 2.05) is 12.1 Å². The summed E-state index contributed by atoms with van der Waals surface area (Å²) in [5.74, 6) is -0.148. The Balaban J connectivity index is 0.00000132. The number of anilines is 1. The second kappa shape index (κ2) is 9.46. The highest BCUT2D eigenvalue weighted by molar-refractivity contribution is 5.94. The van der Waals surface area contributed by atoms with Crippen molar-refractivity contribution in [3.63, 3.8) is 0 Å². The Kier molecular flexibility index (Phi) is 7.97. The SMILES string of the molecule is Cl.Cl.O=C(Nc1cnn(Cc2ccncc2)c1)C1CNCCO1. The predicted octanol–water partition coefficient (Wildman–Crippen LogP) is 1.10. The lowest BCUT2D eigenvalue weighted by Crippen LogP contribution is -2.45. The van der Waals surface area contributed by atoms with Crippen molar-refractivity contribution in [1.82, 2.24) is 20.1 Å². The van der Waals surface area contributed by atoms with Crippen LogP contribution in [-0.2, 0) is 16.1 Å². The zero-order chi connectivity index (χ0) is 14.5. The van der Waals surface area contributed by atoms with Gasteiger partial charge in [-0.15, -0.1) is 24.8 Å². The molecule has 0 bridgehead atoms. The molecule has 2 aromatic heterocycles. The van der Waals surface area contributed by atoms with E-state index in [2.05, 4.69) is 20.7 Å². The summed E-state index contributed by atoms with van der Waals surface area (Å²) in [6.07, 6.45) is 6.48. The summed E-state index contributed by atoms with van der Waals surface area (Å²) in [7, 11) is 0. The summed E-state index contributed by atoms with van der Waals surface area (Å²) in [4.78, 5) is 16.0. The van der Waals surface area contributed by atoms with Gasteiger partial charge in [-0.1, -0.05) is 0 Å². The van der Waals surface area contributed by atoms with Gasteiger partial charge in [-0.2, -0.15) is 5.10 Å². The number of hydrogen-bond acceptors (Lipinski definition) is 5. The minimum absolute atomic E-state index is 0. The fourth-order valence-corrected chi connectivity index (χ4v) is 2.15. The zero-order valence-corrected chi connectivity index (χ0v) is 14.0. The number of nitrogens with zero attached hydrogens (tertiary/aromatic N) is 3. The number of rotatable bonds is 4.